The fourth-order valence-corrected chi connectivity index (χ4v) is 2.20. The van der Waals surface area contributed by atoms with Crippen molar-refractivity contribution in [3.05, 3.63) is 72.1 Å². The van der Waals surface area contributed by atoms with Gasteiger partial charge in [-0.2, -0.15) is 0 Å². The number of hydrogen-bond donors (Lipinski definition) is 1. The molecule has 5 nitrogen and oxygen atoms in total. The molecule has 2 aromatic heterocycles. The summed E-state index contributed by atoms with van der Waals surface area (Å²) < 4.78 is 10.8. The molecule has 24 heavy (non-hydrogen) atoms. The highest BCUT2D eigenvalue weighted by molar-refractivity contribution is 5.77. The molecule has 5 heteroatoms. The number of amides is 1. The van der Waals surface area contributed by atoms with Gasteiger partial charge in [-0.25, -0.2) is 0 Å². The number of carbonyl (C=O) groups excluding carboxylic acids is 1. The summed E-state index contributed by atoms with van der Waals surface area (Å²) in [5, 5.41) is 2.81. The largest absolute Gasteiger partial charge is 0.484 e. The highest BCUT2D eigenvalue weighted by atomic mass is 16.5. The van der Waals surface area contributed by atoms with Crippen molar-refractivity contribution in [2.45, 2.75) is 13.5 Å². The van der Waals surface area contributed by atoms with Crippen LogP contribution in [0.2, 0.25) is 0 Å². The Morgan fingerprint density at radius 2 is 2.12 bits per heavy atom. The Hall–Kier alpha value is -3.08. The molecule has 0 atom stereocenters. The van der Waals surface area contributed by atoms with Crippen molar-refractivity contribution < 1.29 is 13.9 Å². The van der Waals surface area contributed by atoms with E-state index in [4.69, 9.17) is 9.15 Å². The van der Waals surface area contributed by atoms with Gasteiger partial charge < -0.3 is 14.5 Å². The average molecular weight is 322 g/mol. The maximum absolute atomic E-state index is 11.9. The molecule has 1 N–H and O–H groups in total. The molecule has 122 valence electrons. The van der Waals surface area contributed by atoms with E-state index >= 15 is 0 Å². The van der Waals surface area contributed by atoms with Gasteiger partial charge in [-0.05, 0) is 48.4 Å². The SMILES string of the molecule is Cc1cccc(OCC(=O)NCc2ccc(-c3ccco3)nc2)c1. The van der Waals surface area contributed by atoms with Gasteiger partial charge in [-0.3, -0.25) is 9.78 Å². The van der Waals surface area contributed by atoms with Gasteiger partial charge in [0.05, 0.1) is 6.26 Å². The van der Waals surface area contributed by atoms with E-state index in [1.54, 1.807) is 12.5 Å². The lowest BCUT2D eigenvalue weighted by Crippen LogP contribution is -2.28. The summed E-state index contributed by atoms with van der Waals surface area (Å²) >= 11 is 0. The summed E-state index contributed by atoms with van der Waals surface area (Å²) in [5.41, 5.74) is 2.77. The van der Waals surface area contributed by atoms with E-state index in [-0.39, 0.29) is 12.5 Å². The fraction of sp³-hybridized carbons (Fsp3) is 0.158. The Bertz CT molecular complexity index is 796. The van der Waals surface area contributed by atoms with Crippen molar-refractivity contribution in [2.75, 3.05) is 6.61 Å². The zero-order chi connectivity index (χ0) is 16.8. The highest BCUT2D eigenvalue weighted by Gasteiger charge is 2.05. The third-order valence-corrected chi connectivity index (χ3v) is 3.45. The van der Waals surface area contributed by atoms with Crippen molar-refractivity contribution in [1.29, 1.82) is 0 Å². The third kappa shape index (κ3) is 4.23. The Labute approximate surface area is 140 Å². The standard InChI is InChI=1S/C19H18N2O3/c1-14-4-2-5-16(10-14)24-13-19(22)21-12-15-7-8-17(20-11-15)18-6-3-9-23-18/h2-11H,12-13H2,1H3,(H,21,22). The van der Waals surface area contributed by atoms with E-state index < -0.39 is 0 Å². The summed E-state index contributed by atoms with van der Waals surface area (Å²) in [5.74, 6) is 1.23. The van der Waals surface area contributed by atoms with Gasteiger partial charge in [0.15, 0.2) is 12.4 Å². The first-order valence-electron chi connectivity index (χ1n) is 7.66. The van der Waals surface area contributed by atoms with E-state index in [0.29, 0.717) is 12.3 Å². The highest BCUT2D eigenvalue weighted by Crippen LogP contribution is 2.17. The van der Waals surface area contributed by atoms with Gasteiger partial charge in [-0.15, -0.1) is 0 Å². The molecule has 0 aliphatic rings. The normalized spacial score (nSPS) is 10.4. The van der Waals surface area contributed by atoms with E-state index in [1.807, 2.05) is 55.5 Å². The quantitative estimate of drug-likeness (QED) is 0.756. The fourth-order valence-electron chi connectivity index (χ4n) is 2.20. The lowest BCUT2D eigenvalue weighted by Gasteiger charge is -2.08. The number of aryl methyl sites for hydroxylation is 1. The number of hydrogen-bond acceptors (Lipinski definition) is 4. The van der Waals surface area contributed by atoms with Crippen LogP contribution in [-0.2, 0) is 11.3 Å². The Morgan fingerprint density at radius 1 is 1.21 bits per heavy atom. The molecule has 1 amide bonds. The van der Waals surface area contributed by atoms with E-state index in [0.717, 1.165) is 22.6 Å². The first kappa shape index (κ1) is 15.8. The number of carbonyl (C=O) groups is 1. The van der Waals surface area contributed by atoms with E-state index in [9.17, 15) is 4.79 Å². The molecule has 0 radical (unpaired) electrons. The molecule has 0 fully saturated rings. The predicted molar refractivity (Wildman–Crippen MR) is 90.5 cm³/mol. The number of nitrogens with one attached hydrogen (secondary N) is 1. The molecular weight excluding hydrogens is 304 g/mol. The van der Waals surface area contributed by atoms with Crippen LogP contribution in [0.15, 0.2) is 65.4 Å². The smallest absolute Gasteiger partial charge is 0.258 e. The number of nitrogens with zero attached hydrogens (tertiary/aromatic N) is 1. The second kappa shape index (κ2) is 7.46. The van der Waals surface area contributed by atoms with Gasteiger partial charge in [-0.1, -0.05) is 18.2 Å². The minimum absolute atomic E-state index is 0.0125. The summed E-state index contributed by atoms with van der Waals surface area (Å²) in [6, 6.07) is 15.0. The number of pyridine rings is 1. The average Bonchev–Trinajstić information content (AvgIpc) is 3.13. The number of benzene rings is 1. The molecule has 3 rings (SSSR count). The van der Waals surface area contributed by atoms with Crippen LogP contribution < -0.4 is 10.1 Å². The number of ether oxygens (including phenoxy) is 1. The topological polar surface area (TPSA) is 64.4 Å². The van der Waals surface area contributed by atoms with E-state index in [1.165, 1.54) is 0 Å². The maximum atomic E-state index is 11.9. The Morgan fingerprint density at radius 3 is 2.83 bits per heavy atom. The molecule has 1 aromatic carbocycles. The molecule has 0 bridgehead atoms. The first-order valence-corrected chi connectivity index (χ1v) is 7.66. The van der Waals surface area contributed by atoms with Crippen molar-refractivity contribution in [2.24, 2.45) is 0 Å². The Balaban J connectivity index is 1.47. The molecular formula is C19H18N2O3. The molecule has 2 heterocycles. The zero-order valence-corrected chi connectivity index (χ0v) is 13.4. The molecule has 0 aliphatic carbocycles. The van der Waals surface area contributed by atoms with Gasteiger partial charge in [0, 0.05) is 12.7 Å². The molecule has 0 saturated carbocycles. The molecule has 0 saturated heterocycles. The van der Waals surface area contributed by atoms with Crippen LogP contribution in [0.4, 0.5) is 0 Å². The van der Waals surface area contributed by atoms with Crippen LogP contribution in [0.5, 0.6) is 5.75 Å². The van der Waals surface area contributed by atoms with E-state index in [2.05, 4.69) is 10.3 Å². The van der Waals surface area contributed by atoms with Crippen molar-refractivity contribution in [3.8, 4) is 17.2 Å². The van der Waals surface area contributed by atoms with Crippen LogP contribution in [0.3, 0.4) is 0 Å². The molecule has 3 aromatic rings. The predicted octanol–water partition coefficient (Wildman–Crippen LogP) is 3.35. The second-order valence-corrected chi connectivity index (χ2v) is 5.41. The van der Waals surface area contributed by atoms with Crippen molar-refractivity contribution in [3.63, 3.8) is 0 Å². The van der Waals surface area contributed by atoms with Crippen LogP contribution in [0.25, 0.3) is 11.5 Å². The molecule has 0 unspecified atom stereocenters. The number of furan rings is 1. The number of aromatic nitrogens is 1. The van der Waals surface area contributed by atoms with Crippen LogP contribution in [-0.4, -0.2) is 17.5 Å². The third-order valence-electron chi connectivity index (χ3n) is 3.45. The zero-order valence-electron chi connectivity index (χ0n) is 13.4. The maximum Gasteiger partial charge on any atom is 0.258 e. The minimum Gasteiger partial charge on any atom is -0.484 e. The number of rotatable bonds is 6. The Kier molecular flexibility index (Phi) is 4.91. The van der Waals surface area contributed by atoms with Crippen LogP contribution in [0, 0.1) is 6.92 Å². The van der Waals surface area contributed by atoms with Gasteiger partial charge >= 0.3 is 0 Å². The molecule has 0 aliphatic heterocycles. The monoisotopic (exact) mass is 322 g/mol. The molecule has 0 spiro atoms. The van der Waals surface area contributed by atoms with Gasteiger partial charge in [0.2, 0.25) is 0 Å². The lowest BCUT2D eigenvalue weighted by atomic mass is 10.2. The van der Waals surface area contributed by atoms with Gasteiger partial charge in [0.25, 0.3) is 5.91 Å². The first-order chi connectivity index (χ1) is 11.7. The second-order valence-electron chi connectivity index (χ2n) is 5.41. The summed E-state index contributed by atoms with van der Waals surface area (Å²) in [6.45, 7) is 2.37. The van der Waals surface area contributed by atoms with Crippen molar-refractivity contribution >= 4 is 5.91 Å². The lowest BCUT2D eigenvalue weighted by molar-refractivity contribution is -0.123. The summed E-state index contributed by atoms with van der Waals surface area (Å²) in [7, 11) is 0. The van der Waals surface area contributed by atoms with Crippen molar-refractivity contribution in [1.82, 2.24) is 10.3 Å². The van der Waals surface area contributed by atoms with Crippen LogP contribution >= 0.6 is 0 Å². The summed E-state index contributed by atoms with van der Waals surface area (Å²) in [4.78, 5) is 16.2. The van der Waals surface area contributed by atoms with Gasteiger partial charge in [0.1, 0.15) is 11.4 Å². The minimum atomic E-state index is -0.174. The summed E-state index contributed by atoms with van der Waals surface area (Å²) in [6.07, 6.45) is 3.33. The van der Waals surface area contributed by atoms with Crippen LogP contribution in [0.1, 0.15) is 11.1 Å².